The lowest BCUT2D eigenvalue weighted by Crippen LogP contribution is -2.53. The van der Waals surface area contributed by atoms with Crippen LogP contribution in [0.15, 0.2) is 36.0 Å². The van der Waals surface area contributed by atoms with Crippen LogP contribution in [0.25, 0.3) is 0 Å². The highest BCUT2D eigenvalue weighted by atomic mass is 32.1. The topological polar surface area (TPSA) is 24.1 Å². The Bertz CT molecular complexity index is 668. The van der Waals surface area contributed by atoms with Crippen LogP contribution in [-0.4, -0.2) is 5.11 Å². The Balaban J connectivity index is 1.50. The molecule has 3 heteroatoms. The van der Waals surface area contributed by atoms with E-state index in [9.17, 15) is 0 Å². The highest BCUT2D eigenvalue weighted by Crippen LogP contribution is 2.62. The minimum Gasteiger partial charge on any atom is -0.352 e. The fourth-order valence-corrected chi connectivity index (χ4v) is 6.49. The fraction of sp³-hybridized carbons (Fsp3) is 0.571. The van der Waals surface area contributed by atoms with Gasteiger partial charge in [-0.15, -0.1) is 0 Å². The Morgan fingerprint density at radius 3 is 2.12 bits per heavy atom. The van der Waals surface area contributed by atoms with Gasteiger partial charge in [-0.3, -0.25) is 0 Å². The first-order valence-electron chi connectivity index (χ1n) is 9.46. The minimum atomic E-state index is 0.211. The summed E-state index contributed by atoms with van der Waals surface area (Å²) in [6.45, 7) is 2.14. The van der Waals surface area contributed by atoms with Crippen molar-refractivity contribution in [3.63, 3.8) is 0 Å². The molecule has 4 aliphatic carbocycles. The largest absolute Gasteiger partial charge is 0.352 e. The van der Waals surface area contributed by atoms with E-state index in [1.807, 2.05) is 0 Å². The van der Waals surface area contributed by atoms with Gasteiger partial charge in [0.15, 0.2) is 5.11 Å². The number of rotatable bonds is 2. The van der Waals surface area contributed by atoms with Crippen molar-refractivity contribution in [2.45, 2.75) is 51.5 Å². The van der Waals surface area contributed by atoms with Crippen LogP contribution >= 0.6 is 12.2 Å². The minimum absolute atomic E-state index is 0.211. The first-order valence-corrected chi connectivity index (χ1v) is 9.87. The molecular formula is C21H26N2S. The lowest BCUT2D eigenvalue weighted by Gasteiger charge is -2.58. The van der Waals surface area contributed by atoms with Gasteiger partial charge in [0, 0.05) is 11.1 Å². The van der Waals surface area contributed by atoms with E-state index in [0.29, 0.717) is 5.41 Å². The molecule has 1 aliphatic heterocycles. The SMILES string of the molecule is Cc1ccc([C@H]2C=C(C34CC5CC(CC(C5)C3)C4)NC(=S)N2)cc1. The number of allylic oxidation sites excluding steroid dienone is 1. The van der Waals surface area contributed by atoms with E-state index in [-0.39, 0.29) is 6.04 Å². The molecular weight excluding hydrogens is 312 g/mol. The van der Waals surface area contributed by atoms with E-state index >= 15 is 0 Å². The quantitative estimate of drug-likeness (QED) is 0.770. The summed E-state index contributed by atoms with van der Waals surface area (Å²) in [6.07, 6.45) is 11.0. The van der Waals surface area contributed by atoms with E-state index in [1.165, 1.54) is 55.3 Å². The number of hydrogen-bond acceptors (Lipinski definition) is 1. The lowest BCUT2D eigenvalue weighted by molar-refractivity contribution is -0.0331. The van der Waals surface area contributed by atoms with Crippen LogP contribution in [-0.2, 0) is 0 Å². The Hall–Kier alpha value is -1.35. The molecule has 4 bridgehead atoms. The molecule has 1 atom stereocenters. The summed E-state index contributed by atoms with van der Waals surface area (Å²) in [5.41, 5.74) is 4.42. The summed E-state index contributed by atoms with van der Waals surface area (Å²) in [4.78, 5) is 0. The van der Waals surface area contributed by atoms with Crippen LogP contribution in [0.4, 0.5) is 0 Å². The first kappa shape index (κ1) is 14.9. The van der Waals surface area contributed by atoms with Crippen LogP contribution in [0, 0.1) is 30.1 Å². The molecule has 5 aliphatic rings. The van der Waals surface area contributed by atoms with Gasteiger partial charge in [-0.2, -0.15) is 0 Å². The zero-order valence-corrected chi connectivity index (χ0v) is 15.2. The zero-order chi connectivity index (χ0) is 16.3. The number of nitrogens with one attached hydrogen (secondary N) is 2. The first-order chi connectivity index (χ1) is 11.6. The van der Waals surface area contributed by atoms with Crippen LogP contribution in [0.1, 0.15) is 55.7 Å². The molecule has 0 saturated heterocycles. The smallest absolute Gasteiger partial charge is 0.171 e. The van der Waals surface area contributed by atoms with Crippen molar-refractivity contribution >= 4 is 17.3 Å². The third kappa shape index (κ3) is 2.40. The fourth-order valence-electron chi connectivity index (χ4n) is 6.25. The average Bonchev–Trinajstić information content (AvgIpc) is 2.54. The summed E-state index contributed by atoms with van der Waals surface area (Å²) in [5, 5.41) is 7.82. The van der Waals surface area contributed by atoms with Crippen molar-refractivity contribution in [1.82, 2.24) is 10.6 Å². The van der Waals surface area contributed by atoms with E-state index in [0.717, 1.165) is 22.9 Å². The third-order valence-corrected chi connectivity index (χ3v) is 7.13. The molecule has 1 heterocycles. The summed E-state index contributed by atoms with van der Waals surface area (Å²) in [5.74, 6) is 2.88. The van der Waals surface area contributed by atoms with Crippen molar-refractivity contribution in [1.29, 1.82) is 0 Å². The van der Waals surface area contributed by atoms with E-state index < -0.39 is 0 Å². The molecule has 4 saturated carbocycles. The van der Waals surface area contributed by atoms with E-state index in [2.05, 4.69) is 47.9 Å². The van der Waals surface area contributed by atoms with Gasteiger partial charge in [0.2, 0.25) is 0 Å². The molecule has 4 fully saturated rings. The molecule has 126 valence electrons. The molecule has 24 heavy (non-hydrogen) atoms. The number of aryl methyl sites for hydroxylation is 1. The predicted molar refractivity (Wildman–Crippen MR) is 101 cm³/mol. The zero-order valence-electron chi connectivity index (χ0n) is 14.3. The molecule has 0 radical (unpaired) electrons. The number of benzene rings is 1. The maximum absolute atomic E-state index is 5.58. The Morgan fingerprint density at radius 2 is 1.54 bits per heavy atom. The van der Waals surface area contributed by atoms with Gasteiger partial charge in [0.05, 0.1) is 6.04 Å². The van der Waals surface area contributed by atoms with Crippen LogP contribution in [0.3, 0.4) is 0 Å². The molecule has 1 aromatic carbocycles. The van der Waals surface area contributed by atoms with Gasteiger partial charge in [-0.1, -0.05) is 29.8 Å². The van der Waals surface area contributed by atoms with E-state index in [4.69, 9.17) is 12.2 Å². The van der Waals surface area contributed by atoms with Gasteiger partial charge in [-0.25, -0.2) is 0 Å². The second-order valence-electron chi connectivity index (χ2n) is 8.77. The van der Waals surface area contributed by atoms with Gasteiger partial charge in [0.25, 0.3) is 0 Å². The molecule has 0 spiro atoms. The molecule has 0 aromatic heterocycles. The van der Waals surface area contributed by atoms with Gasteiger partial charge >= 0.3 is 0 Å². The summed E-state index contributed by atoms with van der Waals surface area (Å²) in [7, 11) is 0. The molecule has 2 N–H and O–H groups in total. The van der Waals surface area contributed by atoms with Crippen LogP contribution in [0.5, 0.6) is 0 Å². The van der Waals surface area contributed by atoms with Crippen molar-refractivity contribution in [2.75, 3.05) is 0 Å². The molecule has 1 aromatic rings. The normalized spacial score (nSPS) is 40.0. The maximum atomic E-state index is 5.58. The van der Waals surface area contributed by atoms with Gasteiger partial charge < -0.3 is 10.6 Å². The monoisotopic (exact) mass is 338 g/mol. The maximum Gasteiger partial charge on any atom is 0.171 e. The predicted octanol–water partition coefficient (Wildman–Crippen LogP) is 4.61. The molecule has 6 rings (SSSR count). The second-order valence-corrected chi connectivity index (χ2v) is 9.17. The average molecular weight is 339 g/mol. The Labute approximate surface area is 150 Å². The Morgan fingerprint density at radius 1 is 0.958 bits per heavy atom. The van der Waals surface area contributed by atoms with Crippen molar-refractivity contribution in [2.24, 2.45) is 23.2 Å². The van der Waals surface area contributed by atoms with Crippen molar-refractivity contribution in [3.8, 4) is 0 Å². The van der Waals surface area contributed by atoms with Gasteiger partial charge in [-0.05, 0) is 87.1 Å². The molecule has 2 nitrogen and oxygen atoms in total. The van der Waals surface area contributed by atoms with Crippen molar-refractivity contribution in [3.05, 3.63) is 47.2 Å². The number of thiocarbonyl (C=S) groups is 1. The van der Waals surface area contributed by atoms with Gasteiger partial charge in [0.1, 0.15) is 0 Å². The van der Waals surface area contributed by atoms with Crippen LogP contribution in [0.2, 0.25) is 0 Å². The molecule has 0 amide bonds. The summed E-state index contributed by atoms with van der Waals surface area (Å²) in [6, 6.07) is 9.06. The second kappa shape index (κ2) is 5.32. The highest BCUT2D eigenvalue weighted by Gasteiger charge is 2.53. The standard InChI is InChI=1S/C21H26N2S/c1-13-2-4-17(5-3-13)18-9-19(23-20(24)22-18)21-10-14-6-15(11-21)8-16(7-14)12-21/h2-5,9,14-16,18H,6-8,10-12H2,1H3,(H2,22,23,24)/t14?,15?,16?,18-,21?/m1/s1. The van der Waals surface area contributed by atoms with Crippen LogP contribution < -0.4 is 10.6 Å². The lowest BCUT2D eigenvalue weighted by atomic mass is 9.48. The summed E-state index contributed by atoms with van der Waals surface area (Å²) < 4.78 is 0. The number of hydrogen-bond donors (Lipinski definition) is 2. The summed E-state index contributed by atoms with van der Waals surface area (Å²) >= 11 is 5.58. The third-order valence-electron chi connectivity index (χ3n) is 6.91. The van der Waals surface area contributed by atoms with Crippen molar-refractivity contribution < 1.29 is 0 Å². The molecule has 0 unspecified atom stereocenters. The Kier molecular flexibility index (Phi) is 3.31. The van der Waals surface area contributed by atoms with E-state index in [1.54, 1.807) is 0 Å². The highest BCUT2D eigenvalue weighted by molar-refractivity contribution is 7.80.